The summed E-state index contributed by atoms with van der Waals surface area (Å²) in [7, 11) is 1.73. The fraction of sp³-hybridized carbons (Fsp3) is 0.444. The van der Waals surface area contributed by atoms with Gasteiger partial charge < -0.3 is 15.4 Å². The molecule has 5 nitrogen and oxygen atoms in total. The molecular weight excluding hydrogens is 339 g/mol. The van der Waals surface area contributed by atoms with E-state index in [0.717, 1.165) is 30.1 Å². The van der Waals surface area contributed by atoms with Gasteiger partial charge in [-0.25, -0.2) is 9.37 Å². The molecule has 136 valence electrons. The van der Waals surface area contributed by atoms with E-state index in [9.17, 15) is 4.39 Å². The summed E-state index contributed by atoms with van der Waals surface area (Å²) in [6.45, 7) is 5.38. The lowest BCUT2D eigenvalue weighted by Gasteiger charge is -2.20. The molecule has 2 aromatic rings. The van der Waals surface area contributed by atoms with Crippen LogP contribution in [0.1, 0.15) is 24.0 Å². The van der Waals surface area contributed by atoms with Gasteiger partial charge in [-0.3, -0.25) is 4.99 Å². The lowest BCUT2D eigenvalue weighted by molar-refractivity contribution is 0.199. The summed E-state index contributed by atoms with van der Waals surface area (Å²) >= 11 is 1.66. The van der Waals surface area contributed by atoms with Crippen molar-refractivity contribution in [2.24, 2.45) is 4.99 Å². The van der Waals surface area contributed by atoms with Gasteiger partial charge in [0, 0.05) is 31.5 Å². The maximum absolute atomic E-state index is 13.2. The molecule has 1 aromatic heterocycles. The van der Waals surface area contributed by atoms with Crippen molar-refractivity contribution in [1.82, 2.24) is 15.6 Å². The van der Waals surface area contributed by atoms with Crippen LogP contribution in [0.3, 0.4) is 0 Å². The van der Waals surface area contributed by atoms with Crippen LogP contribution in [0.4, 0.5) is 4.39 Å². The quantitative estimate of drug-likeness (QED) is 0.558. The topological polar surface area (TPSA) is 58.5 Å². The zero-order chi connectivity index (χ0) is 18.1. The number of aliphatic imine (C=N–C) groups is 1. The molecule has 7 heteroatoms. The van der Waals surface area contributed by atoms with Gasteiger partial charge in [-0.15, -0.1) is 11.3 Å². The highest BCUT2D eigenvalue weighted by Gasteiger charge is 2.10. The monoisotopic (exact) mass is 364 g/mol. The van der Waals surface area contributed by atoms with Crippen molar-refractivity contribution in [2.75, 3.05) is 20.1 Å². The van der Waals surface area contributed by atoms with E-state index < -0.39 is 0 Å². The molecule has 0 aliphatic heterocycles. The van der Waals surface area contributed by atoms with Gasteiger partial charge in [0.2, 0.25) is 0 Å². The summed E-state index contributed by atoms with van der Waals surface area (Å²) in [6, 6.07) is 6.20. The Kier molecular flexibility index (Phi) is 7.66. The second kappa shape index (κ2) is 9.98. The van der Waals surface area contributed by atoms with Crippen LogP contribution < -0.4 is 15.4 Å². The molecule has 0 bridgehead atoms. The molecule has 1 heterocycles. The number of ether oxygens (including phenoxy) is 1. The van der Waals surface area contributed by atoms with E-state index in [1.165, 1.54) is 12.1 Å². The Labute approximate surface area is 152 Å². The summed E-state index contributed by atoms with van der Waals surface area (Å²) < 4.78 is 19.1. The molecule has 1 atom stereocenters. The van der Waals surface area contributed by atoms with Gasteiger partial charge in [-0.05, 0) is 25.5 Å². The minimum atomic E-state index is -0.296. The van der Waals surface area contributed by atoms with Crippen molar-refractivity contribution < 1.29 is 9.13 Å². The predicted molar refractivity (Wildman–Crippen MR) is 101 cm³/mol. The first kappa shape index (κ1) is 19.2. The average molecular weight is 364 g/mol. The third-order valence-electron chi connectivity index (χ3n) is 3.62. The van der Waals surface area contributed by atoms with Crippen LogP contribution >= 0.6 is 11.3 Å². The van der Waals surface area contributed by atoms with Crippen LogP contribution in [0.25, 0.3) is 0 Å². The first-order valence-corrected chi connectivity index (χ1v) is 9.26. The summed E-state index contributed by atoms with van der Waals surface area (Å²) in [6.07, 6.45) is 1.59. The molecule has 0 aliphatic rings. The Morgan fingerprint density at radius 2 is 2.24 bits per heavy atom. The molecule has 0 amide bonds. The zero-order valence-corrected chi connectivity index (χ0v) is 15.7. The number of rotatable bonds is 8. The normalized spacial score (nSPS) is 12.7. The highest BCUT2D eigenvalue weighted by atomic mass is 32.1. The summed E-state index contributed by atoms with van der Waals surface area (Å²) in [4.78, 5) is 8.66. The van der Waals surface area contributed by atoms with E-state index in [1.807, 2.05) is 13.8 Å². The number of halogens is 1. The number of thiazole rings is 1. The molecule has 0 saturated carbocycles. The summed E-state index contributed by atoms with van der Waals surface area (Å²) in [5, 5.41) is 9.67. The lowest BCUT2D eigenvalue weighted by Crippen LogP contribution is -2.43. The average Bonchev–Trinajstić information content (AvgIpc) is 3.02. The summed E-state index contributed by atoms with van der Waals surface area (Å²) in [5.41, 5.74) is 1.09. The van der Waals surface area contributed by atoms with Gasteiger partial charge in [0.25, 0.3) is 0 Å². The number of nitrogens with zero attached hydrogens (tertiary/aromatic N) is 2. The standard InChI is InChI=1S/C18H25FN4OS/c1-4-16(24-17-7-5-6-14(19)10-17)11-22-18(20-3)21-9-8-15-12-25-13(2)23-15/h5-7,10,12,16H,4,8-9,11H2,1-3H3,(H2,20,21,22). The van der Waals surface area contributed by atoms with Crippen molar-refractivity contribution in [3.8, 4) is 5.75 Å². The number of aryl methyl sites for hydroxylation is 1. The van der Waals surface area contributed by atoms with Crippen LogP contribution in [0.15, 0.2) is 34.6 Å². The maximum atomic E-state index is 13.2. The molecule has 1 unspecified atom stereocenters. The van der Waals surface area contributed by atoms with Crippen molar-refractivity contribution >= 4 is 17.3 Å². The largest absolute Gasteiger partial charge is 0.489 e. The Hall–Kier alpha value is -2.15. The van der Waals surface area contributed by atoms with Gasteiger partial charge >= 0.3 is 0 Å². The molecule has 0 spiro atoms. The third kappa shape index (κ3) is 6.70. The fourth-order valence-electron chi connectivity index (χ4n) is 2.27. The Morgan fingerprint density at radius 3 is 2.88 bits per heavy atom. The number of nitrogens with one attached hydrogen (secondary N) is 2. The van der Waals surface area contributed by atoms with Crippen LogP contribution in [-0.4, -0.2) is 37.2 Å². The van der Waals surface area contributed by atoms with Crippen molar-refractivity contribution in [2.45, 2.75) is 32.8 Å². The molecule has 0 fully saturated rings. The minimum Gasteiger partial charge on any atom is -0.489 e. The van der Waals surface area contributed by atoms with E-state index in [-0.39, 0.29) is 11.9 Å². The number of benzene rings is 1. The van der Waals surface area contributed by atoms with Gasteiger partial charge in [0.1, 0.15) is 17.7 Å². The van der Waals surface area contributed by atoms with Crippen LogP contribution in [-0.2, 0) is 6.42 Å². The van der Waals surface area contributed by atoms with E-state index in [4.69, 9.17) is 4.74 Å². The molecule has 25 heavy (non-hydrogen) atoms. The molecule has 0 radical (unpaired) electrons. The molecule has 0 saturated heterocycles. The van der Waals surface area contributed by atoms with E-state index >= 15 is 0 Å². The van der Waals surface area contributed by atoms with Crippen LogP contribution in [0.5, 0.6) is 5.75 Å². The van der Waals surface area contributed by atoms with Crippen molar-refractivity contribution in [1.29, 1.82) is 0 Å². The smallest absolute Gasteiger partial charge is 0.191 e. The Balaban J connectivity index is 1.75. The number of hydrogen-bond acceptors (Lipinski definition) is 4. The summed E-state index contributed by atoms with van der Waals surface area (Å²) in [5.74, 6) is 0.957. The molecule has 2 rings (SSSR count). The van der Waals surface area contributed by atoms with Crippen LogP contribution in [0, 0.1) is 12.7 Å². The molecule has 1 aromatic carbocycles. The Bertz CT molecular complexity index is 689. The maximum Gasteiger partial charge on any atom is 0.191 e. The molecular formula is C18H25FN4OS. The van der Waals surface area contributed by atoms with Gasteiger partial charge in [0.15, 0.2) is 5.96 Å². The third-order valence-corrected chi connectivity index (χ3v) is 4.44. The number of guanidine groups is 1. The van der Waals surface area contributed by atoms with Crippen molar-refractivity contribution in [3.05, 3.63) is 46.2 Å². The lowest BCUT2D eigenvalue weighted by atomic mass is 10.2. The predicted octanol–water partition coefficient (Wildman–Crippen LogP) is 3.16. The first-order chi connectivity index (χ1) is 12.1. The number of aromatic nitrogens is 1. The van der Waals surface area contributed by atoms with Gasteiger partial charge in [-0.1, -0.05) is 13.0 Å². The molecule has 2 N–H and O–H groups in total. The van der Waals surface area contributed by atoms with E-state index in [1.54, 1.807) is 30.5 Å². The first-order valence-electron chi connectivity index (χ1n) is 8.38. The zero-order valence-electron chi connectivity index (χ0n) is 14.9. The minimum absolute atomic E-state index is 0.0680. The van der Waals surface area contributed by atoms with E-state index in [0.29, 0.717) is 18.3 Å². The Morgan fingerprint density at radius 1 is 1.40 bits per heavy atom. The fourth-order valence-corrected chi connectivity index (χ4v) is 2.91. The second-order valence-corrected chi connectivity index (χ2v) is 6.66. The second-order valence-electron chi connectivity index (χ2n) is 5.59. The van der Waals surface area contributed by atoms with E-state index in [2.05, 4.69) is 26.0 Å². The van der Waals surface area contributed by atoms with Gasteiger partial charge in [0.05, 0.1) is 17.2 Å². The highest BCUT2D eigenvalue weighted by Crippen LogP contribution is 2.14. The molecule has 0 aliphatic carbocycles. The SMILES string of the molecule is CCC(CNC(=NC)NCCc1csc(C)n1)Oc1cccc(F)c1. The van der Waals surface area contributed by atoms with Gasteiger partial charge in [-0.2, -0.15) is 0 Å². The van der Waals surface area contributed by atoms with Crippen LogP contribution in [0.2, 0.25) is 0 Å². The highest BCUT2D eigenvalue weighted by molar-refractivity contribution is 7.09. The van der Waals surface area contributed by atoms with Crippen molar-refractivity contribution in [3.63, 3.8) is 0 Å². The number of hydrogen-bond donors (Lipinski definition) is 2.